The lowest BCUT2D eigenvalue weighted by molar-refractivity contribution is -0.202. The molecule has 0 aliphatic heterocycles. The molecule has 0 heterocycles. The van der Waals surface area contributed by atoms with E-state index in [4.69, 9.17) is 37.9 Å². The van der Waals surface area contributed by atoms with Crippen molar-refractivity contribution in [1.29, 1.82) is 0 Å². The van der Waals surface area contributed by atoms with Crippen LogP contribution in [-0.2, 0) is 76.3 Å². The zero-order valence-electron chi connectivity index (χ0n) is 27.2. The molecule has 0 aliphatic carbocycles. The first-order chi connectivity index (χ1) is 21.5. The fraction of sp³-hybridized carbons (Fsp3) is 0.724. The number of esters is 7. The van der Waals surface area contributed by atoms with Crippen molar-refractivity contribution < 1.29 is 81.4 Å². The Morgan fingerprint density at radius 1 is 0.543 bits per heavy atom. The molecule has 0 saturated heterocycles. The van der Waals surface area contributed by atoms with Gasteiger partial charge in [-0.15, -0.1) is 0 Å². The summed E-state index contributed by atoms with van der Waals surface area (Å²) in [4.78, 5) is 99.6. The molecule has 0 unspecified atom stereocenters. The van der Waals surface area contributed by atoms with Crippen LogP contribution in [0.5, 0.6) is 0 Å². The van der Waals surface area contributed by atoms with Gasteiger partial charge in [-0.05, 0) is 13.8 Å². The van der Waals surface area contributed by atoms with Crippen molar-refractivity contribution in [1.82, 2.24) is 0 Å². The number of carbonyl (C=O) groups excluding carboxylic acids is 7. The van der Waals surface area contributed by atoms with Crippen molar-refractivity contribution in [3.63, 3.8) is 0 Å². The predicted molar refractivity (Wildman–Crippen MR) is 151 cm³/mol. The Bertz CT molecular complexity index is 1040. The molecule has 262 valence electrons. The van der Waals surface area contributed by atoms with E-state index in [2.05, 4.69) is 0 Å². The van der Waals surface area contributed by atoms with Crippen molar-refractivity contribution in [3.8, 4) is 0 Å². The van der Waals surface area contributed by atoms with Crippen LogP contribution in [0, 0.1) is 10.8 Å². The minimum atomic E-state index is -2.56. The van der Waals surface area contributed by atoms with Gasteiger partial charge < -0.3 is 43.0 Å². The SMILES string of the molecule is CCC(=O)OCC(C)(COC(=O)CC)C(=O)O[C@@H](C(=O)O)[C@@H](OC(=O)C(C)(COC(=O)CC)COC(=O)CC)C(=O)OCCOC. The number of hydrogen-bond donors (Lipinski definition) is 1. The van der Waals surface area contributed by atoms with Crippen molar-refractivity contribution in [2.75, 3.05) is 46.8 Å². The fourth-order valence-corrected chi connectivity index (χ4v) is 2.98. The number of carboxylic acids is 1. The summed E-state index contributed by atoms with van der Waals surface area (Å²) in [6.45, 7) is 4.81. The highest BCUT2D eigenvalue weighted by Crippen LogP contribution is 2.26. The molecule has 46 heavy (non-hydrogen) atoms. The Morgan fingerprint density at radius 3 is 1.15 bits per heavy atom. The van der Waals surface area contributed by atoms with Crippen LogP contribution in [0.4, 0.5) is 0 Å². The monoisotopic (exact) mass is 664 g/mol. The van der Waals surface area contributed by atoms with E-state index in [0.29, 0.717) is 0 Å². The maximum absolute atomic E-state index is 13.5. The van der Waals surface area contributed by atoms with Gasteiger partial charge in [-0.25, -0.2) is 9.59 Å². The van der Waals surface area contributed by atoms with Crippen LogP contribution in [-0.4, -0.2) is 112 Å². The normalized spacial score (nSPS) is 12.5. The van der Waals surface area contributed by atoms with Crippen LogP contribution < -0.4 is 0 Å². The standard InChI is InChI=1S/C29H44O17/c1-8-18(30)41-14-28(5,15-42-19(31)9-2)26(37)45-22(24(34)35)23(25(36)40-13-12-39-7)46-27(38)29(6,16-43-20(32)10-3)17-44-21(33)11-4/h22-23H,8-17H2,1-7H3,(H,34,35)/t22-,23-/m1/s1. The molecule has 0 aromatic carbocycles. The molecular formula is C29H44O17. The number of carboxylic acid groups (broad SMARTS) is 1. The van der Waals surface area contributed by atoms with Crippen molar-refractivity contribution in [3.05, 3.63) is 0 Å². The predicted octanol–water partition coefficient (Wildman–Crippen LogP) is 0.910. The molecule has 1 N–H and O–H groups in total. The summed E-state index contributed by atoms with van der Waals surface area (Å²) in [5.74, 6) is -9.18. The topological polar surface area (TPSA) is 231 Å². The molecule has 0 amide bonds. The van der Waals surface area contributed by atoms with Crippen molar-refractivity contribution >= 4 is 47.8 Å². The van der Waals surface area contributed by atoms with E-state index >= 15 is 0 Å². The summed E-state index contributed by atoms with van der Waals surface area (Å²) in [6, 6.07) is 0. The molecule has 0 aromatic heterocycles. The summed E-state index contributed by atoms with van der Waals surface area (Å²) in [5.41, 5.74) is -3.94. The Hall–Kier alpha value is -4.28. The summed E-state index contributed by atoms with van der Waals surface area (Å²) >= 11 is 0. The fourth-order valence-electron chi connectivity index (χ4n) is 2.98. The van der Waals surface area contributed by atoms with E-state index < -0.39 is 104 Å². The lowest BCUT2D eigenvalue weighted by Gasteiger charge is -2.31. The first-order valence-electron chi connectivity index (χ1n) is 14.5. The Morgan fingerprint density at radius 2 is 0.870 bits per heavy atom. The summed E-state index contributed by atoms with van der Waals surface area (Å²) in [6.07, 6.45) is -5.34. The van der Waals surface area contributed by atoms with E-state index in [-0.39, 0.29) is 32.3 Å². The second kappa shape index (κ2) is 20.7. The number of rotatable bonds is 22. The third-order valence-corrected chi connectivity index (χ3v) is 6.10. The van der Waals surface area contributed by atoms with Crippen LogP contribution >= 0.6 is 0 Å². The average Bonchev–Trinajstić information content (AvgIpc) is 3.04. The second-order valence-corrected chi connectivity index (χ2v) is 10.3. The number of carbonyl (C=O) groups is 8. The van der Waals surface area contributed by atoms with Crippen LogP contribution in [0.1, 0.15) is 67.2 Å². The highest BCUT2D eigenvalue weighted by Gasteiger charge is 2.49. The van der Waals surface area contributed by atoms with E-state index in [1.807, 2.05) is 0 Å². The molecule has 0 radical (unpaired) electrons. The summed E-state index contributed by atoms with van der Waals surface area (Å²) in [7, 11) is 1.28. The number of methoxy groups -OCH3 is 1. The van der Waals surface area contributed by atoms with Gasteiger partial charge in [0.2, 0.25) is 12.2 Å². The van der Waals surface area contributed by atoms with Crippen LogP contribution in [0.25, 0.3) is 0 Å². The van der Waals surface area contributed by atoms with Crippen LogP contribution in [0.2, 0.25) is 0 Å². The van der Waals surface area contributed by atoms with Gasteiger partial charge in [-0.2, -0.15) is 0 Å². The summed E-state index contributed by atoms with van der Waals surface area (Å²) < 4.78 is 40.3. The first kappa shape index (κ1) is 41.7. The van der Waals surface area contributed by atoms with Gasteiger partial charge in [0.25, 0.3) is 0 Å². The lowest BCUT2D eigenvalue weighted by atomic mass is 9.92. The Labute approximate surface area is 266 Å². The largest absolute Gasteiger partial charge is 0.478 e. The van der Waals surface area contributed by atoms with Crippen LogP contribution in [0.15, 0.2) is 0 Å². The number of aliphatic carboxylic acids is 1. The summed E-state index contributed by atoms with van der Waals surface area (Å²) in [5, 5.41) is 10.0. The first-order valence-corrected chi connectivity index (χ1v) is 14.5. The molecule has 2 atom stereocenters. The molecular weight excluding hydrogens is 620 g/mol. The lowest BCUT2D eigenvalue weighted by Crippen LogP contribution is -2.52. The highest BCUT2D eigenvalue weighted by molar-refractivity contribution is 5.90. The highest BCUT2D eigenvalue weighted by atomic mass is 16.6. The third-order valence-electron chi connectivity index (χ3n) is 6.10. The minimum Gasteiger partial charge on any atom is -0.478 e. The Balaban J connectivity index is 6.59. The average molecular weight is 665 g/mol. The second-order valence-electron chi connectivity index (χ2n) is 10.3. The number of ether oxygens (including phenoxy) is 8. The van der Waals surface area contributed by atoms with E-state index in [0.717, 1.165) is 13.8 Å². The van der Waals surface area contributed by atoms with Gasteiger partial charge in [-0.3, -0.25) is 28.8 Å². The van der Waals surface area contributed by atoms with Gasteiger partial charge in [0, 0.05) is 32.8 Å². The Kier molecular flexibility index (Phi) is 18.8. The molecule has 0 rings (SSSR count). The van der Waals surface area contributed by atoms with Gasteiger partial charge in [-0.1, -0.05) is 27.7 Å². The minimum absolute atomic E-state index is 0.0781. The maximum Gasteiger partial charge on any atom is 0.352 e. The smallest absolute Gasteiger partial charge is 0.352 e. The van der Waals surface area contributed by atoms with Crippen molar-refractivity contribution in [2.45, 2.75) is 79.4 Å². The maximum atomic E-state index is 13.5. The third kappa shape index (κ3) is 14.2. The van der Waals surface area contributed by atoms with Gasteiger partial charge >= 0.3 is 47.8 Å². The number of hydrogen-bond acceptors (Lipinski definition) is 16. The molecule has 17 heteroatoms. The molecule has 0 spiro atoms. The van der Waals surface area contributed by atoms with E-state index in [1.165, 1.54) is 34.8 Å². The molecule has 0 fully saturated rings. The molecule has 0 aliphatic rings. The van der Waals surface area contributed by atoms with Crippen molar-refractivity contribution in [2.24, 2.45) is 10.8 Å². The molecule has 0 saturated carbocycles. The van der Waals surface area contributed by atoms with Crippen LogP contribution in [0.3, 0.4) is 0 Å². The van der Waals surface area contributed by atoms with Gasteiger partial charge in [0.15, 0.2) is 0 Å². The molecule has 0 bridgehead atoms. The van der Waals surface area contributed by atoms with Gasteiger partial charge in [0.05, 0.1) is 6.61 Å². The zero-order valence-corrected chi connectivity index (χ0v) is 27.2. The zero-order chi connectivity index (χ0) is 35.5. The van der Waals surface area contributed by atoms with E-state index in [1.54, 1.807) is 0 Å². The van der Waals surface area contributed by atoms with Gasteiger partial charge in [0.1, 0.15) is 43.9 Å². The quantitative estimate of drug-likeness (QED) is 0.0962. The molecule has 17 nitrogen and oxygen atoms in total. The van der Waals surface area contributed by atoms with E-state index in [9.17, 15) is 43.5 Å². The molecule has 0 aromatic rings.